The Hall–Kier alpha value is -2.69. The van der Waals surface area contributed by atoms with Crippen LogP contribution in [0.4, 0.5) is 5.69 Å². The number of hydrogen-bond acceptors (Lipinski definition) is 7. The van der Waals surface area contributed by atoms with Crippen molar-refractivity contribution in [3.63, 3.8) is 0 Å². The highest BCUT2D eigenvalue weighted by Gasteiger charge is 2.41. The lowest BCUT2D eigenvalue weighted by atomic mass is 9.82. The molecule has 4 aliphatic rings. The summed E-state index contributed by atoms with van der Waals surface area (Å²) in [6, 6.07) is 4.98. The maximum atomic E-state index is 14.2. The summed E-state index contributed by atoms with van der Waals surface area (Å²) in [6.45, 7) is 3.05. The molecule has 0 bridgehead atoms. The molecular weight excluding hydrogens is 510 g/mol. The summed E-state index contributed by atoms with van der Waals surface area (Å²) in [6.07, 6.45) is 10.5. The molecular formula is C30H45N5O5. The van der Waals surface area contributed by atoms with Crippen LogP contribution in [0.3, 0.4) is 0 Å². The molecule has 10 heteroatoms. The first-order valence-electron chi connectivity index (χ1n) is 15.2. The number of benzene rings is 1. The van der Waals surface area contributed by atoms with Gasteiger partial charge in [0.1, 0.15) is 18.5 Å². The molecule has 3 amide bonds. The number of methoxy groups -OCH3 is 1. The van der Waals surface area contributed by atoms with E-state index in [-0.39, 0.29) is 42.8 Å². The molecule has 10 nitrogen and oxygen atoms in total. The second-order valence-electron chi connectivity index (χ2n) is 11.7. The van der Waals surface area contributed by atoms with Gasteiger partial charge in [-0.1, -0.05) is 44.6 Å². The molecule has 2 heterocycles. The molecule has 1 aromatic carbocycles. The van der Waals surface area contributed by atoms with Crippen molar-refractivity contribution in [1.29, 1.82) is 0 Å². The summed E-state index contributed by atoms with van der Waals surface area (Å²) in [4.78, 5) is 49.0. The number of carbonyl (C=O) groups excluding carboxylic acids is 3. The Balaban J connectivity index is 1.39. The van der Waals surface area contributed by atoms with Crippen LogP contribution in [0.1, 0.15) is 82.1 Å². The minimum atomic E-state index is -0.622. The maximum Gasteiger partial charge on any atom is 0.243 e. The molecule has 2 aliphatic heterocycles. The van der Waals surface area contributed by atoms with E-state index in [9.17, 15) is 14.4 Å². The Bertz CT molecular complexity index is 1030. The Morgan fingerprint density at radius 1 is 1.05 bits per heavy atom. The number of carbonyl (C=O) groups is 3. The highest BCUT2D eigenvalue weighted by Crippen LogP contribution is 2.38. The number of nitrogens with zero attached hydrogens (tertiary/aromatic N) is 2. The predicted molar refractivity (Wildman–Crippen MR) is 152 cm³/mol. The predicted octanol–water partition coefficient (Wildman–Crippen LogP) is 3.14. The van der Waals surface area contributed by atoms with Crippen LogP contribution in [-0.4, -0.2) is 79.8 Å². The molecule has 1 aromatic rings. The lowest BCUT2D eigenvalue weighted by Gasteiger charge is -2.40. The van der Waals surface area contributed by atoms with Gasteiger partial charge in [0.15, 0.2) is 0 Å². The molecule has 3 N–H and O–H groups in total. The average molecular weight is 556 g/mol. The van der Waals surface area contributed by atoms with Crippen LogP contribution in [0.15, 0.2) is 18.2 Å². The minimum absolute atomic E-state index is 0.00188. The third kappa shape index (κ3) is 6.95. The van der Waals surface area contributed by atoms with Crippen LogP contribution in [-0.2, 0) is 19.2 Å². The maximum absolute atomic E-state index is 14.2. The number of anilines is 1. The normalized spacial score (nSPS) is 23.2. The van der Waals surface area contributed by atoms with Gasteiger partial charge in [-0.15, -0.1) is 0 Å². The number of piperazine rings is 1. The van der Waals surface area contributed by atoms with E-state index in [0.29, 0.717) is 24.5 Å². The molecule has 3 fully saturated rings. The van der Waals surface area contributed by atoms with Gasteiger partial charge in [0.25, 0.3) is 0 Å². The fraction of sp³-hybridized carbons (Fsp3) is 0.700. The number of hydrogen-bond donors (Lipinski definition) is 3. The fourth-order valence-electron chi connectivity index (χ4n) is 6.75. The lowest BCUT2D eigenvalue weighted by molar-refractivity contribution is -0.206. The first-order valence-corrected chi connectivity index (χ1v) is 15.2. The van der Waals surface area contributed by atoms with Gasteiger partial charge in [-0.05, 0) is 43.2 Å². The first-order chi connectivity index (χ1) is 19.5. The molecule has 2 saturated carbocycles. The van der Waals surface area contributed by atoms with Crippen LogP contribution in [0.25, 0.3) is 0 Å². The summed E-state index contributed by atoms with van der Waals surface area (Å²) in [5.41, 5.74) is 1.45. The highest BCUT2D eigenvalue weighted by molar-refractivity contribution is 6.05. The van der Waals surface area contributed by atoms with Crippen LogP contribution in [0, 0.1) is 5.92 Å². The van der Waals surface area contributed by atoms with E-state index in [1.54, 1.807) is 18.1 Å². The molecule has 0 spiro atoms. The average Bonchev–Trinajstić information content (AvgIpc) is 3.30. The second kappa shape index (κ2) is 13.8. The number of ether oxygens (including phenoxy) is 1. The van der Waals surface area contributed by atoms with Gasteiger partial charge in [0.05, 0.1) is 13.0 Å². The summed E-state index contributed by atoms with van der Waals surface area (Å²) >= 11 is 0. The van der Waals surface area contributed by atoms with Gasteiger partial charge in [0, 0.05) is 50.4 Å². The molecule has 40 heavy (non-hydrogen) atoms. The van der Waals surface area contributed by atoms with E-state index in [1.807, 2.05) is 17.2 Å². The molecule has 2 aliphatic carbocycles. The summed E-state index contributed by atoms with van der Waals surface area (Å²) in [5.74, 6) is -0.412. The first kappa shape index (κ1) is 28.8. The molecule has 2 atom stereocenters. The van der Waals surface area contributed by atoms with Gasteiger partial charge in [-0.3, -0.25) is 19.2 Å². The Morgan fingerprint density at radius 3 is 2.45 bits per heavy atom. The Labute approximate surface area is 237 Å². The van der Waals surface area contributed by atoms with Gasteiger partial charge < -0.3 is 25.6 Å². The number of amides is 3. The molecule has 1 saturated heterocycles. The van der Waals surface area contributed by atoms with Crippen LogP contribution in [0.2, 0.25) is 0 Å². The highest BCUT2D eigenvalue weighted by atomic mass is 16.7. The van der Waals surface area contributed by atoms with Crippen molar-refractivity contribution < 1.29 is 24.0 Å². The van der Waals surface area contributed by atoms with Crippen molar-refractivity contribution >= 4 is 23.4 Å². The van der Waals surface area contributed by atoms with Gasteiger partial charge >= 0.3 is 0 Å². The molecule has 2 unspecified atom stereocenters. The van der Waals surface area contributed by atoms with Crippen molar-refractivity contribution in [1.82, 2.24) is 20.6 Å². The SMILES string of the molecule is COc1ccc2c(c1)NC(=O)C2CC(=O)N(CON1CCNCC1)C(C(=O)NC1CCCCC1)C1CCCCC1. The lowest BCUT2D eigenvalue weighted by Crippen LogP contribution is -2.57. The van der Waals surface area contributed by atoms with Crippen molar-refractivity contribution in [3.8, 4) is 5.75 Å². The quantitative estimate of drug-likeness (QED) is 0.380. The second-order valence-corrected chi connectivity index (χ2v) is 11.7. The van der Waals surface area contributed by atoms with E-state index in [0.717, 1.165) is 76.4 Å². The third-order valence-corrected chi connectivity index (χ3v) is 9.02. The number of hydroxylamine groups is 2. The standard InChI is InChI=1S/C30H45N5O5/c1-39-23-12-13-24-25(29(37)33-26(24)18-23)19-27(36)35(20-40-34-16-14-31-15-17-34)28(21-8-4-2-5-9-21)30(38)32-22-10-6-3-7-11-22/h12-13,18,21-22,25,28,31H,2-11,14-17,19-20H2,1H3,(H,32,38)(H,33,37). The molecule has 0 aromatic heterocycles. The van der Waals surface area contributed by atoms with Crippen LogP contribution < -0.4 is 20.7 Å². The minimum Gasteiger partial charge on any atom is -0.497 e. The summed E-state index contributed by atoms with van der Waals surface area (Å²) in [7, 11) is 1.58. The smallest absolute Gasteiger partial charge is 0.243 e. The zero-order valence-electron chi connectivity index (χ0n) is 23.8. The van der Waals surface area contributed by atoms with Gasteiger partial charge in [0.2, 0.25) is 17.7 Å². The molecule has 220 valence electrons. The van der Waals surface area contributed by atoms with E-state index < -0.39 is 12.0 Å². The molecule has 0 radical (unpaired) electrons. The van der Waals surface area contributed by atoms with Crippen molar-refractivity contribution in [2.75, 3.05) is 45.3 Å². The summed E-state index contributed by atoms with van der Waals surface area (Å²) < 4.78 is 5.31. The van der Waals surface area contributed by atoms with E-state index in [4.69, 9.17) is 9.57 Å². The topological polar surface area (TPSA) is 112 Å². The zero-order valence-corrected chi connectivity index (χ0v) is 23.8. The summed E-state index contributed by atoms with van der Waals surface area (Å²) in [5, 5.41) is 11.4. The molecule has 5 rings (SSSR count). The largest absolute Gasteiger partial charge is 0.497 e. The number of nitrogens with one attached hydrogen (secondary N) is 3. The monoisotopic (exact) mass is 555 g/mol. The van der Waals surface area contributed by atoms with Gasteiger partial charge in [-0.2, -0.15) is 5.06 Å². The van der Waals surface area contributed by atoms with Crippen molar-refractivity contribution in [3.05, 3.63) is 23.8 Å². The van der Waals surface area contributed by atoms with Crippen molar-refractivity contribution in [2.45, 2.75) is 88.6 Å². The third-order valence-electron chi connectivity index (χ3n) is 9.02. The van der Waals surface area contributed by atoms with Gasteiger partial charge in [-0.25, -0.2) is 0 Å². The van der Waals surface area contributed by atoms with Crippen molar-refractivity contribution in [2.24, 2.45) is 5.92 Å². The van der Waals surface area contributed by atoms with Crippen LogP contribution >= 0.6 is 0 Å². The fourth-order valence-corrected chi connectivity index (χ4v) is 6.75. The zero-order chi connectivity index (χ0) is 27.9. The number of rotatable bonds is 10. The Morgan fingerprint density at radius 2 is 1.75 bits per heavy atom. The van der Waals surface area contributed by atoms with E-state index >= 15 is 0 Å². The Kier molecular flexibility index (Phi) is 9.93. The number of fused-ring (bicyclic) bond motifs is 1. The van der Waals surface area contributed by atoms with E-state index in [2.05, 4.69) is 16.0 Å². The van der Waals surface area contributed by atoms with E-state index in [1.165, 1.54) is 6.42 Å². The van der Waals surface area contributed by atoms with Crippen LogP contribution in [0.5, 0.6) is 5.75 Å².